The van der Waals surface area contributed by atoms with Gasteiger partial charge in [0.1, 0.15) is 34.9 Å². The standard InChI is InChI=1S/C24H28ClFIN3O5/c1-24(2,16-5-8-22(20(26)9-16)35-13-17(32)10-25)15-3-6-19(7-4-15)34-14-18(33)11-30-21(12-31)23(27)28-29-30/h3-9,17-18,31-33H,10-14H2,1-2H3/i27-4. The van der Waals surface area contributed by atoms with Crippen LogP contribution in [0.5, 0.6) is 11.5 Å². The molecule has 1 aromatic heterocycles. The molecule has 0 amide bonds. The van der Waals surface area contributed by atoms with Crippen molar-refractivity contribution in [3.8, 4) is 11.5 Å². The van der Waals surface area contributed by atoms with Crippen molar-refractivity contribution in [2.24, 2.45) is 0 Å². The van der Waals surface area contributed by atoms with E-state index in [1.165, 1.54) is 10.7 Å². The third-order valence-electron chi connectivity index (χ3n) is 5.60. The van der Waals surface area contributed by atoms with Crippen molar-refractivity contribution in [2.45, 2.75) is 44.6 Å². The molecule has 0 aliphatic heterocycles. The normalized spacial score (nSPS) is 13.5. The number of aliphatic hydroxyl groups excluding tert-OH is 3. The molecule has 0 saturated heterocycles. The molecule has 8 nitrogen and oxygen atoms in total. The average Bonchev–Trinajstić information content (AvgIpc) is 3.20. The molecule has 3 rings (SSSR count). The molecule has 0 aliphatic rings. The van der Waals surface area contributed by atoms with Crippen LogP contribution in [0.4, 0.5) is 4.39 Å². The SMILES string of the molecule is CC(C)(c1ccc(OCC(O)Cn2nnc([123I])c2CO)cc1)c1ccc(OCC(O)CCl)c(F)c1. The van der Waals surface area contributed by atoms with Gasteiger partial charge in [0.15, 0.2) is 11.6 Å². The van der Waals surface area contributed by atoms with Crippen LogP contribution < -0.4 is 9.47 Å². The van der Waals surface area contributed by atoms with Crippen molar-refractivity contribution >= 4 is 34.2 Å². The number of alkyl halides is 1. The fourth-order valence-corrected chi connectivity index (χ4v) is 4.06. The molecule has 0 saturated carbocycles. The van der Waals surface area contributed by atoms with Gasteiger partial charge in [-0.1, -0.05) is 37.3 Å². The van der Waals surface area contributed by atoms with Gasteiger partial charge in [-0.05, 0) is 58.0 Å². The molecule has 2 aromatic carbocycles. The molecule has 0 bridgehead atoms. The molecule has 0 radical (unpaired) electrons. The fourth-order valence-electron chi connectivity index (χ4n) is 3.42. The number of aromatic nitrogens is 3. The lowest BCUT2D eigenvalue weighted by molar-refractivity contribution is 0.0866. The summed E-state index contributed by atoms with van der Waals surface area (Å²) in [6.07, 6.45) is -1.71. The van der Waals surface area contributed by atoms with E-state index in [2.05, 4.69) is 10.3 Å². The smallest absolute Gasteiger partial charge is 0.165 e. The number of benzene rings is 2. The Hall–Kier alpha value is -1.99. The van der Waals surface area contributed by atoms with Crippen molar-refractivity contribution < 1.29 is 29.2 Å². The van der Waals surface area contributed by atoms with Gasteiger partial charge >= 0.3 is 0 Å². The molecule has 0 fully saturated rings. The second-order valence-electron chi connectivity index (χ2n) is 8.55. The lowest BCUT2D eigenvalue weighted by Crippen LogP contribution is -2.25. The number of nitrogens with zero attached hydrogens (tertiary/aromatic N) is 3. The van der Waals surface area contributed by atoms with Crippen LogP contribution in [0.1, 0.15) is 30.7 Å². The fraction of sp³-hybridized carbons (Fsp3) is 0.417. The highest BCUT2D eigenvalue weighted by Gasteiger charge is 2.25. The zero-order valence-corrected chi connectivity index (χ0v) is 22.3. The van der Waals surface area contributed by atoms with Crippen LogP contribution in [0.2, 0.25) is 0 Å². The first-order valence-corrected chi connectivity index (χ1v) is 12.5. The minimum absolute atomic E-state index is 0.0112. The van der Waals surface area contributed by atoms with E-state index < -0.39 is 23.4 Å². The zero-order valence-electron chi connectivity index (χ0n) is 19.4. The molecule has 35 heavy (non-hydrogen) atoms. The van der Waals surface area contributed by atoms with Gasteiger partial charge in [-0.25, -0.2) is 9.07 Å². The van der Waals surface area contributed by atoms with Gasteiger partial charge in [-0.3, -0.25) is 0 Å². The summed E-state index contributed by atoms with van der Waals surface area (Å²) in [5.41, 5.74) is 1.74. The number of ether oxygens (including phenoxy) is 2. The molecule has 2 atom stereocenters. The molecule has 0 spiro atoms. The van der Waals surface area contributed by atoms with Gasteiger partial charge in [0.05, 0.1) is 24.7 Å². The minimum Gasteiger partial charge on any atom is -0.491 e. The quantitative estimate of drug-likeness (QED) is 0.212. The number of halogens is 3. The minimum atomic E-state index is -0.863. The first kappa shape index (κ1) is 27.6. The Morgan fingerprint density at radius 2 is 1.71 bits per heavy atom. The largest absolute Gasteiger partial charge is 0.491 e. The van der Waals surface area contributed by atoms with Crippen molar-refractivity contribution in [3.63, 3.8) is 0 Å². The Bertz CT molecular complexity index is 1110. The molecule has 11 heteroatoms. The predicted molar refractivity (Wildman–Crippen MR) is 137 cm³/mol. The Labute approximate surface area is 221 Å². The van der Waals surface area contributed by atoms with Gasteiger partial charge in [0, 0.05) is 5.41 Å². The van der Waals surface area contributed by atoms with Crippen LogP contribution in [0.15, 0.2) is 42.5 Å². The monoisotopic (exact) mass is 615 g/mol. The van der Waals surface area contributed by atoms with Crippen LogP contribution in [0, 0.1) is 9.52 Å². The second kappa shape index (κ2) is 12.3. The number of hydrogen-bond donors (Lipinski definition) is 3. The third kappa shape index (κ3) is 7.04. The average molecular weight is 616 g/mol. The summed E-state index contributed by atoms with van der Waals surface area (Å²) in [4.78, 5) is 0. The third-order valence-corrected chi connectivity index (χ3v) is 6.80. The molecule has 3 aromatic rings. The van der Waals surface area contributed by atoms with Crippen LogP contribution in [0.25, 0.3) is 0 Å². The Morgan fingerprint density at radius 1 is 1.06 bits per heavy atom. The first-order chi connectivity index (χ1) is 16.6. The Morgan fingerprint density at radius 3 is 2.34 bits per heavy atom. The van der Waals surface area contributed by atoms with E-state index in [1.54, 1.807) is 24.3 Å². The summed E-state index contributed by atoms with van der Waals surface area (Å²) in [7, 11) is 0. The maximum Gasteiger partial charge on any atom is 0.165 e. The van der Waals surface area contributed by atoms with Gasteiger partial charge in [0.2, 0.25) is 0 Å². The molecular weight excluding hydrogens is 588 g/mol. The van der Waals surface area contributed by atoms with Crippen molar-refractivity contribution in [1.82, 2.24) is 15.0 Å². The summed E-state index contributed by atoms with van der Waals surface area (Å²) in [5, 5.41) is 37.0. The highest BCUT2D eigenvalue weighted by atomic mass is 123. The number of aliphatic hydroxyl groups is 3. The zero-order chi connectivity index (χ0) is 25.6. The van der Waals surface area contributed by atoms with Crippen LogP contribution in [0.3, 0.4) is 0 Å². The maximum absolute atomic E-state index is 14.6. The maximum atomic E-state index is 14.6. The van der Waals surface area contributed by atoms with E-state index in [0.717, 1.165) is 11.1 Å². The lowest BCUT2D eigenvalue weighted by atomic mass is 9.78. The van der Waals surface area contributed by atoms with Gasteiger partial charge in [0.25, 0.3) is 0 Å². The van der Waals surface area contributed by atoms with E-state index in [4.69, 9.17) is 21.1 Å². The van der Waals surface area contributed by atoms with Crippen molar-refractivity contribution in [2.75, 3.05) is 19.1 Å². The lowest BCUT2D eigenvalue weighted by Gasteiger charge is -2.27. The summed E-state index contributed by atoms with van der Waals surface area (Å²) in [6.45, 7) is 3.85. The van der Waals surface area contributed by atoms with Gasteiger partial charge in [-0.2, -0.15) is 0 Å². The number of rotatable bonds is 12. The van der Waals surface area contributed by atoms with Crippen LogP contribution >= 0.6 is 34.2 Å². The summed E-state index contributed by atoms with van der Waals surface area (Å²) in [5.74, 6) is 0.129. The van der Waals surface area contributed by atoms with Crippen molar-refractivity contribution in [3.05, 3.63) is 68.8 Å². The summed E-state index contributed by atoms with van der Waals surface area (Å²) >= 11 is 7.52. The molecular formula is C24H28ClFIN3O5. The highest BCUT2D eigenvalue weighted by Crippen LogP contribution is 2.34. The topological polar surface area (TPSA) is 110 Å². The summed E-state index contributed by atoms with van der Waals surface area (Å²) < 4.78 is 27.6. The Kier molecular flexibility index (Phi) is 9.70. The van der Waals surface area contributed by atoms with E-state index in [-0.39, 0.29) is 38.0 Å². The molecule has 1 heterocycles. The highest BCUT2D eigenvalue weighted by molar-refractivity contribution is 14.1. The first-order valence-electron chi connectivity index (χ1n) is 10.9. The predicted octanol–water partition coefficient (Wildman–Crippen LogP) is 3.26. The number of hydrogen-bond acceptors (Lipinski definition) is 7. The second-order valence-corrected chi connectivity index (χ2v) is 9.88. The van der Waals surface area contributed by atoms with E-state index in [0.29, 0.717) is 15.1 Å². The molecule has 0 aliphatic carbocycles. The van der Waals surface area contributed by atoms with E-state index >= 15 is 0 Å². The molecule has 190 valence electrons. The van der Waals surface area contributed by atoms with Crippen LogP contribution in [-0.4, -0.2) is 61.6 Å². The molecule has 3 N–H and O–H groups in total. The summed E-state index contributed by atoms with van der Waals surface area (Å²) in [6, 6.07) is 12.1. The molecule has 2 unspecified atom stereocenters. The van der Waals surface area contributed by atoms with Crippen molar-refractivity contribution in [1.29, 1.82) is 0 Å². The van der Waals surface area contributed by atoms with Crippen LogP contribution in [-0.2, 0) is 18.6 Å². The van der Waals surface area contributed by atoms with E-state index in [9.17, 15) is 19.7 Å². The Balaban J connectivity index is 1.61. The van der Waals surface area contributed by atoms with E-state index in [1.807, 2.05) is 48.6 Å². The van der Waals surface area contributed by atoms with Gasteiger partial charge < -0.3 is 24.8 Å². The van der Waals surface area contributed by atoms with Gasteiger partial charge in [-0.15, -0.1) is 16.7 Å².